The van der Waals surface area contributed by atoms with Gasteiger partial charge in [-0.1, -0.05) is 42.5 Å². The Bertz CT molecular complexity index is 966. The van der Waals surface area contributed by atoms with Gasteiger partial charge in [0, 0.05) is 44.7 Å². The van der Waals surface area contributed by atoms with Crippen molar-refractivity contribution in [3.05, 3.63) is 71.8 Å². The number of ether oxygens (including phenoxy) is 2. The third-order valence-electron chi connectivity index (χ3n) is 5.92. The first-order valence-corrected chi connectivity index (χ1v) is 11.1. The Morgan fingerprint density at radius 1 is 0.839 bits per heavy atom. The molecule has 0 amide bonds. The number of likely N-dealkylation sites (N-methyl/N-ethyl adjacent to an activating group) is 1. The lowest BCUT2D eigenvalue weighted by molar-refractivity contribution is 0.134. The molecular weight excluding hydrogens is 388 g/mol. The van der Waals surface area contributed by atoms with Gasteiger partial charge in [-0.15, -0.1) is 0 Å². The molecule has 1 N–H and O–H groups in total. The summed E-state index contributed by atoms with van der Waals surface area (Å²) in [5, 5.41) is 11.6. The predicted molar refractivity (Wildman–Crippen MR) is 125 cm³/mol. The molecule has 0 aliphatic carbocycles. The summed E-state index contributed by atoms with van der Waals surface area (Å²) >= 11 is 0. The molecule has 0 aromatic heterocycles. The molecule has 1 aliphatic heterocycles. The first-order chi connectivity index (χ1) is 15.2. The third kappa shape index (κ3) is 5.76. The molecule has 1 aliphatic rings. The van der Waals surface area contributed by atoms with Crippen molar-refractivity contribution < 1.29 is 14.6 Å². The zero-order valence-electron chi connectivity index (χ0n) is 18.3. The van der Waals surface area contributed by atoms with Crippen molar-refractivity contribution in [2.75, 3.05) is 59.6 Å². The van der Waals surface area contributed by atoms with Gasteiger partial charge in [0.1, 0.15) is 24.7 Å². The van der Waals surface area contributed by atoms with Gasteiger partial charge in [-0.05, 0) is 41.6 Å². The number of rotatable bonds is 9. The number of fused-ring (bicyclic) bond motifs is 1. The minimum absolute atomic E-state index is 0.00638. The van der Waals surface area contributed by atoms with Crippen LogP contribution in [0.5, 0.6) is 11.5 Å². The van der Waals surface area contributed by atoms with Crippen LogP contribution >= 0.6 is 0 Å². The molecule has 164 valence electrons. The van der Waals surface area contributed by atoms with Crippen LogP contribution in [0, 0.1) is 0 Å². The van der Waals surface area contributed by atoms with E-state index in [1.807, 2.05) is 6.07 Å². The van der Waals surface area contributed by atoms with Gasteiger partial charge in [0.05, 0.1) is 6.61 Å². The van der Waals surface area contributed by atoms with E-state index in [2.05, 4.69) is 71.4 Å². The Balaban J connectivity index is 1.40. The molecule has 0 unspecified atom stereocenters. The highest BCUT2D eigenvalue weighted by Crippen LogP contribution is 2.30. The van der Waals surface area contributed by atoms with Crippen LogP contribution in [-0.2, 0) is 6.42 Å². The molecule has 0 radical (unpaired) electrons. The molecule has 0 saturated carbocycles. The van der Waals surface area contributed by atoms with Gasteiger partial charge in [0.25, 0.3) is 0 Å². The number of aliphatic hydroxyl groups excluding tert-OH is 1. The summed E-state index contributed by atoms with van der Waals surface area (Å²) in [6.07, 6.45) is 0.768. The average Bonchev–Trinajstić information content (AvgIpc) is 2.81. The van der Waals surface area contributed by atoms with Crippen molar-refractivity contribution >= 4 is 10.8 Å². The van der Waals surface area contributed by atoms with Crippen LogP contribution in [0.1, 0.15) is 11.1 Å². The van der Waals surface area contributed by atoms with Gasteiger partial charge >= 0.3 is 0 Å². The molecule has 1 fully saturated rings. The first kappa shape index (κ1) is 21.6. The first-order valence-electron chi connectivity index (χ1n) is 11.1. The normalized spacial score (nSPS) is 15.3. The fourth-order valence-electron chi connectivity index (χ4n) is 4.06. The van der Waals surface area contributed by atoms with Crippen molar-refractivity contribution in [3.8, 4) is 11.5 Å². The molecule has 1 heterocycles. The zero-order chi connectivity index (χ0) is 21.5. The van der Waals surface area contributed by atoms with E-state index in [4.69, 9.17) is 9.47 Å². The summed E-state index contributed by atoms with van der Waals surface area (Å²) in [6, 6.07) is 20.8. The minimum atomic E-state index is 0.00638. The summed E-state index contributed by atoms with van der Waals surface area (Å²) < 4.78 is 11.8. The Kier molecular flexibility index (Phi) is 7.41. The summed E-state index contributed by atoms with van der Waals surface area (Å²) in [5.41, 5.74) is 2.35. The van der Waals surface area contributed by atoms with Crippen molar-refractivity contribution in [1.82, 2.24) is 9.80 Å². The average molecular weight is 421 g/mol. The number of piperazine rings is 1. The van der Waals surface area contributed by atoms with Crippen LogP contribution < -0.4 is 9.47 Å². The number of nitrogens with zero attached hydrogens (tertiary/aromatic N) is 2. The zero-order valence-corrected chi connectivity index (χ0v) is 18.3. The molecule has 5 nitrogen and oxygen atoms in total. The van der Waals surface area contributed by atoms with Gasteiger partial charge < -0.3 is 19.5 Å². The van der Waals surface area contributed by atoms with Crippen molar-refractivity contribution in [2.45, 2.75) is 6.42 Å². The number of aliphatic hydroxyl groups is 1. The van der Waals surface area contributed by atoms with Crippen LogP contribution in [0.25, 0.3) is 10.8 Å². The van der Waals surface area contributed by atoms with E-state index in [0.29, 0.717) is 13.2 Å². The topological polar surface area (TPSA) is 45.2 Å². The summed E-state index contributed by atoms with van der Waals surface area (Å²) in [4.78, 5) is 4.83. The van der Waals surface area contributed by atoms with Gasteiger partial charge in [-0.2, -0.15) is 0 Å². The fraction of sp³-hybridized carbons (Fsp3) is 0.385. The van der Waals surface area contributed by atoms with Crippen LogP contribution in [0.4, 0.5) is 0 Å². The second-order valence-corrected chi connectivity index (χ2v) is 8.15. The number of hydrogen-bond donors (Lipinski definition) is 1. The lowest BCUT2D eigenvalue weighted by Crippen LogP contribution is -2.45. The fourth-order valence-corrected chi connectivity index (χ4v) is 4.06. The maximum atomic E-state index is 9.17. The lowest BCUT2D eigenvalue weighted by Gasteiger charge is -2.32. The van der Waals surface area contributed by atoms with Gasteiger partial charge in [-0.25, -0.2) is 0 Å². The van der Waals surface area contributed by atoms with E-state index in [-0.39, 0.29) is 6.61 Å². The summed E-state index contributed by atoms with van der Waals surface area (Å²) in [5.74, 6) is 1.74. The maximum absolute atomic E-state index is 9.17. The molecular formula is C26H32N2O3. The SMILES string of the molecule is CN1CCN(CCOc2ccc(Cc3c(OCCO)ccc4ccccc34)cc2)CC1. The Hall–Kier alpha value is -2.60. The van der Waals surface area contributed by atoms with E-state index in [1.54, 1.807) is 0 Å². The monoisotopic (exact) mass is 420 g/mol. The molecule has 0 spiro atoms. The van der Waals surface area contributed by atoms with E-state index in [0.717, 1.165) is 56.2 Å². The second-order valence-electron chi connectivity index (χ2n) is 8.15. The van der Waals surface area contributed by atoms with Crippen LogP contribution in [-0.4, -0.2) is 74.5 Å². The van der Waals surface area contributed by atoms with E-state index >= 15 is 0 Å². The molecule has 0 atom stereocenters. The molecule has 31 heavy (non-hydrogen) atoms. The summed E-state index contributed by atoms with van der Waals surface area (Å²) in [7, 11) is 2.18. The molecule has 4 rings (SSSR count). The highest BCUT2D eigenvalue weighted by atomic mass is 16.5. The van der Waals surface area contributed by atoms with E-state index in [1.165, 1.54) is 16.3 Å². The van der Waals surface area contributed by atoms with E-state index in [9.17, 15) is 5.11 Å². The smallest absolute Gasteiger partial charge is 0.123 e. The second kappa shape index (κ2) is 10.6. The highest BCUT2D eigenvalue weighted by Gasteiger charge is 2.13. The van der Waals surface area contributed by atoms with Crippen LogP contribution in [0.2, 0.25) is 0 Å². The lowest BCUT2D eigenvalue weighted by atomic mass is 9.97. The Morgan fingerprint density at radius 3 is 2.39 bits per heavy atom. The predicted octanol–water partition coefficient (Wildman–Crippen LogP) is 3.43. The highest BCUT2D eigenvalue weighted by molar-refractivity contribution is 5.88. The third-order valence-corrected chi connectivity index (χ3v) is 5.92. The maximum Gasteiger partial charge on any atom is 0.123 e. The number of benzene rings is 3. The van der Waals surface area contributed by atoms with Gasteiger partial charge in [-0.3, -0.25) is 4.90 Å². The van der Waals surface area contributed by atoms with Crippen LogP contribution in [0.15, 0.2) is 60.7 Å². The van der Waals surface area contributed by atoms with Gasteiger partial charge in [0.2, 0.25) is 0 Å². The minimum Gasteiger partial charge on any atom is -0.492 e. The molecule has 5 heteroatoms. The summed E-state index contributed by atoms with van der Waals surface area (Å²) in [6.45, 7) is 6.48. The quantitative estimate of drug-likeness (QED) is 0.575. The molecule has 3 aromatic rings. The molecule has 0 bridgehead atoms. The van der Waals surface area contributed by atoms with Gasteiger partial charge in [0.15, 0.2) is 0 Å². The Morgan fingerprint density at radius 2 is 1.61 bits per heavy atom. The van der Waals surface area contributed by atoms with E-state index < -0.39 is 0 Å². The van der Waals surface area contributed by atoms with Crippen LogP contribution in [0.3, 0.4) is 0 Å². The standard InChI is InChI=1S/C26H32N2O3/c1-27-12-14-28(15-13-27)16-18-30-23-9-6-21(7-10-23)20-25-24-5-3-2-4-22(24)8-11-26(25)31-19-17-29/h2-11,29H,12-20H2,1H3. The molecule has 1 saturated heterocycles. The number of hydrogen-bond acceptors (Lipinski definition) is 5. The van der Waals surface area contributed by atoms with Crippen molar-refractivity contribution in [1.29, 1.82) is 0 Å². The Labute approximate surface area is 184 Å². The van der Waals surface area contributed by atoms with Crippen molar-refractivity contribution in [2.24, 2.45) is 0 Å². The van der Waals surface area contributed by atoms with Crippen molar-refractivity contribution in [3.63, 3.8) is 0 Å². The largest absolute Gasteiger partial charge is 0.492 e. The molecule has 3 aromatic carbocycles.